The SMILES string of the molecule is CC1CN(C)CCN1C1CCc2ccccc2C1N. The molecule has 104 valence electrons. The van der Waals surface area contributed by atoms with Crippen LogP contribution in [0.1, 0.15) is 30.5 Å². The molecule has 1 aliphatic heterocycles. The molecular weight excluding hydrogens is 234 g/mol. The van der Waals surface area contributed by atoms with Gasteiger partial charge in [0.25, 0.3) is 0 Å². The van der Waals surface area contributed by atoms with Gasteiger partial charge in [-0.1, -0.05) is 24.3 Å². The first-order valence-electron chi connectivity index (χ1n) is 7.44. The molecule has 0 amide bonds. The molecule has 0 saturated carbocycles. The number of benzene rings is 1. The Balaban J connectivity index is 1.80. The van der Waals surface area contributed by atoms with Gasteiger partial charge in [0.15, 0.2) is 0 Å². The summed E-state index contributed by atoms with van der Waals surface area (Å²) in [6.45, 7) is 5.81. The van der Waals surface area contributed by atoms with Crippen LogP contribution in [0.15, 0.2) is 24.3 Å². The van der Waals surface area contributed by atoms with Crippen LogP contribution < -0.4 is 5.73 Å². The van der Waals surface area contributed by atoms with Gasteiger partial charge in [0.1, 0.15) is 0 Å². The zero-order chi connectivity index (χ0) is 13.4. The lowest BCUT2D eigenvalue weighted by Crippen LogP contribution is -2.57. The van der Waals surface area contributed by atoms with Crippen molar-refractivity contribution in [2.45, 2.75) is 37.9 Å². The zero-order valence-corrected chi connectivity index (χ0v) is 12.0. The first kappa shape index (κ1) is 13.1. The second kappa shape index (κ2) is 5.23. The second-order valence-corrected chi connectivity index (χ2v) is 6.18. The fourth-order valence-corrected chi connectivity index (χ4v) is 3.80. The van der Waals surface area contributed by atoms with E-state index in [1.165, 1.54) is 24.0 Å². The van der Waals surface area contributed by atoms with Gasteiger partial charge in [0.05, 0.1) is 0 Å². The molecule has 0 spiro atoms. The van der Waals surface area contributed by atoms with Gasteiger partial charge in [-0.15, -0.1) is 0 Å². The number of fused-ring (bicyclic) bond motifs is 1. The van der Waals surface area contributed by atoms with Gasteiger partial charge >= 0.3 is 0 Å². The topological polar surface area (TPSA) is 32.5 Å². The highest BCUT2D eigenvalue weighted by Crippen LogP contribution is 2.32. The lowest BCUT2D eigenvalue weighted by atomic mass is 9.83. The van der Waals surface area contributed by atoms with Crippen LogP contribution in [0.2, 0.25) is 0 Å². The summed E-state index contributed by atoms with van der Waals surface area (Å²) in [5.74, 6) is 0. The van der Waals surface area contributed by atoms with Crippen molar-refractivity contribution < 1.29 is 0 Å². The minimum absolute atomic E-state index is 0.177. The number of nitrogens with two attached hydrogens (primary N) is 1. The van der Waals surface area contributed by atoms with Crippen molar-refractivity contribution in [3.63, 3.8) is 0 Å². The largest absolute Gasteiger partial charge is 0.323 e. The maximum atomic E-state index is 6.56. The van der Waals surface area contributed by atoms with Gasteiger partial charge in [-0.05, 0) is 37.9 Å². The molecule has 0 radical (unpaired) electrons. The fourth-order valence-electron chi connectivity index (χ4n) is 3.80. The molecule has 1 heterocycles. The van der Waals surface area contributed by atoms with E-state index in [-0.39, 0.29) is 6.04 Å². The van der Waals surface area contributed by atoms with Crippen molar-refractivity contribution >= 4 is 0 Å². The third-order valence-electron chi connectivity index (χ3n) is 4.85. The molecule has 1 aromatic carbocycles. The molecule has 0 bridgehead atoms. The smallest absolute Gasteiger partial charge is 0.0456 e. The van der Waals surface area contributed by atoms with E-state index in [0.29, 0.717) is 12.1 Å². The summed E-state index contributed by atoms with van der Waals surface area (Å²) in [7, 11) is 2.21. The van der Waals surface area contributed by atoms with E-state index in [9.17, 15) is 0 Å². The van der Waals surface area contributed by atoms with Crippen LogP contribution >= 0.6 is 0 Å². The Morgan fingerprint density at radius 3 is 2.79 bits per heavy atom. The monoisotopic (exact) mass is 259 g/mol. The predicted octanol–water partition coefficient (Wildman–Crippen LogP) is 1.64. The van der Waals surface area contributed by atoms with Crippen molar-refractivity contribution in [2.24, 2.45) is 5.73 Å². The molecule has 0 aromatic heterocycles. The summed E-state index contributed by atoms with van der Waals surface area (Å²) in [5.41, 5.74) is 9.38. The number of aryl methyl sites for hydroxylation is 1. The van der Waals surface area contributed by atoms with Crippen LogP contribution in [-0.2, 0) is 6.42 Å². The van der Waals surface area contributed by atoms with Crippen molar-refractivity contribution in [3.8, 4) is 0 Å². The minimum atomic E-state index is 0.177. The third kappa shape index (κ3) is 2.42. The Labute approximate surface area is 116 Å². The highest BCUT2D eigenvalue weighted by Gasteiger charge is 2.35. The normalized spacial score (nSPS) is 33.1. The van der Waals surface area contributed by atoms with E-state index in [1.54, 1.807) is 0 Å². The summed E-state index contributed by atoms with van der Waals surface area (Å²) in [5, 5.41) is 0. The highest BCUT2D eigenvalue weighted by molar-refractivity contribution is 5.33. The maximum Gasteiger partial charge on any atom is 0.0456 e. The number of likely N-dealkylation sites (N-methyl/N-ethyl adjacent to an activating group) is 1. The molecular formula is C16H25N3. The summed E-state index contributed by atoms with van der Waals surface area (Å²) >= 11 is 0. The lowest BCUT2D eigenvalue weighted by molar-refractivity contribution is 0.0439. The standard InChI is InChI=1S/C16H25N3/c1-12-11-18(2)9-10-19(12)15-8-7-13-5-3-4-6-14(13)16(15)17/h3-6,12,15-16H,7-11,17H2,1-2H3. The first-order valence-corrected chi connectivity index (χ1v) is 7.44. The van der Waals surface area contributed by atoms with Gasteiger partial charge < -0.3 is 10.6 Å². The zero-order valence-electron chi connectivity index (χ0n) is 12.0. The Morgan fingerprint density at radius 2 is 2.00 bits per heavy atom. The Morgan fingerprint density at radius 1 is 1.21 bits per heavy atom. The van der Waals surface area contributed by atoms with Gasteiger partial charge in [0, 0.05) is 37.8 Å². The van der Waals surface area contributed by atoms with Crippen molar-refractivity contribution in [2.75, 3.05) is 26.7 Å². The molecule has 2 aliphatic rings. The second-order valence-electron chi connectivity index (χ2n) is 6.18. The van der Waals surface area contributed by atoms with E-state index in [2.05, 4.69) is 48.0 Å². The van der Waals surface area contributed by atoms with E-state index in [0.717, 1.165) is 19.6 Å². The van der Waals surface area contributed by atoms with Crippen molar-refractivity contribution in [1.29, 1.82) is 0 Å². The number of rotatable bonds is 1. The van der Waals surface area contributed by atoms with Crippen molar-refractivity contribution in [1.82, 2.24) is 9.80 Å². The molecule has 3 unspecified atom stereocenters. The molecule has 19 heavy (non-hydrogen) atoms. The predicted molar refractivity (Wildman–Crippen MR) is 79.1 cm³/mol. The molecule has 3 rings (SSSR count). The number of hydrogen-bond acceptors (Lipinski definition) is 3. The van der Waals surface area contributed by atoms with Crippen LogP contribution in [-0.4, -0.2) is 48.6 Å². The molecule has 1 aromatic rings. The Hall–Kier alpha value is -0.900. The first-order chi connectivity index (χ1) is 9.16. The van der Waals surface area contributed by atoms with Crippen LogP contribution in [0.5, 0.6) is 0 Å². The van der Waals surface area contributed by atoms with E-state index in [4.69, 9.17) is 5.73 Å². The van der Waals surface area contributed by atoms with E-state index in [1.807, 2.05) is 0 Å². The lowest BCUT2D eigenvalue weighted by Gasteiger charge is -2.46. The van der Waals surface area contributed by atoms with Gasteiger partial charge in [-0.25, -0.2) is 0 Å². The van der Waals surface area contributed by atoms with Gasteiger partial charge in [-0.3, -0.25) is 4.90 Å². The maximum absolute atomic E-state index is 6.56. The minimum Gasteiger partial charge on any atom is -0.323 e. The Kier molecular flexibility index (Phi) is 3.61. The molecule has 1 saturated heterocycles. The summed E-state index contributed by atoms with van der Waals surface area (Å²) < 4.78 is 0. The average molecular weight is 259 g/mol. The number of piperazine rings is 1. The Bertz CT molecular complexity index is 445. The summed E-state index contributed by atoms with van der Waals surface area (Å²) in [4.78, 5) is 5.06. The average Bonchev–Trinajstić information content (AvgIpc) is 2.41. The number of nitrogens with zero attached hydrogens (tertiary/aromatic N) is 2. The molecule has 3 atom stereocenters. The van der Waals surface area contributed by atoms with Crippen LogP contribution in [0.4, 0.5) is 0 Å². The van der Waals surface area contributed by atoms with Gasteiger partial charge in [0.2, 0.25) is 0 Å². The third-order valence-corrected chi connectivity index (χ3v) is 4.85. The van der Waals surface area contributed by atoms with Crippen LogP contribution in [0, 0.1) is 0 Å². The molecule has 2 N–H and O–H groups in total. The van der Waals surface area contributed by atoms with Crippen LogP contribution in [0.3, 0.4) is 0 Å². The van der Waals surface area contributed by atoms with Crippen molar-refractivity contribution in [3.05, 3.63) is 35.4 Å². The van der Waals surface area contributed by atoms with E-state index < -0.39 is 0 Å². The van der Waals surface area contributed by atoms with Crippen LogP contribution in [0.25, 0.3) is 0 Å². The molecule has 1 aliphatic carbocycles. The summed E-state index contributed by atoms with van der Waals surface area (Å²) in [6.07, 6.45) is 2.37. The van der Waals surface area contributed by atoms with E-state index >= 15 is 0 Å². The molecule has 3 heteroatoms. The molecule has 1 fully saturated rings. The fraction of sp³-hybridized carbons (Fsp3) is 0.625. The van der Waals surface area contributed by atoms with Gasteiger partial charge in [-0.2, -0.15) is 0 Å². The number of hydrogen-bond donors (Lipinski definition) is 1. The summed E-state index contributed by atoms with van der Waals surface area (Å²) in [6, 6.07) is 10.00. The quantitative estimate of drug-likeness (QED) is 0.832. The molecule has 3 nitrogen and oxygen atoms in total. The highest BCUT2D eigenvalue weighted by atomic mass is 15.3.